The van der Waals surface area contributed by atoms with Gasteiger partial charge in [0.2, 0.25) is 5.91 Å². The van der Waals surface area contributed by atoms with Crippen molar-refractivity contribution in [3.8, 4) is 11.8 Å². The number of hydrogen-bond donors (Lipinski definition) is 1. The van der Waals surface area contributed by atoms with Gasteiger partial charge in [-0.25, -0.2) is 0 Å². The number of hydrogen-bond acceptors (Lipinski definition) is 4. The van der Waals surface area contributed by atoms with Crippen LogP contribution in [0.1, 0.15) is 5.56 Å². The first kappa shape index (κ1) is 18.5. The third-order valence-corrected chi connectivity index (χ3v) is 4.42. The van der Waals surface area contributed by atoms with Crippen LogP contribution in [0.15, 0.2) is 42.5 Å². The number of amides is 1. The van der Waals surface area contributed by atoms with Crippen LogP contribution in [0.3, 0.4) is 0 Å². The molecule has 0 radical (unpaired) electrons. The van der Waals surface area contributed by atoms with Gasteiger partial charge in [0.05, 0.1) is 34.0 Å². The van der Waals surface area contributed by atoms with Gasteiger partial charge in [0, 0.05) is 11.4 Å². The van der Waals surface area contributed by atoms with Gasteiger partial charge in [-0.2, -0.15) is 5.26 Å². The number of nitrogens with one attached hydrogen (secondary N) is 1. The van der Waals surface area contributed by atoms with Crippen molar-refractivity contribution in [3.05, 3.63) is 58.1 Å². The lowest BCUT2D eigenvalue weighted by molar-refractivity contribution is -0.113. The van der Waals surface area contributed by atoms with Gasteiger partial charge >= 0.3 is 0 Å². The van der Waals surface area contributed by atoms with Gasteiger partial charge in [-0.3, -0.25) is 4.79 Å². The largest absolute Gasteiger partial charge is 0.490 e. The Bertz CT molecular complexity index is 742. The second-order valence-electron chi connectivity index (χ2n) is 4.69. The molecule has 7 heteroatoms. The normalized spacial score (nSPS) is 10.0. The molecule has 2 rings (SSSR count). The molecule has 2 aromatic carbocycles. The van der Waals surface area contributed by atoms with Gasteiger partial charge in [-0.1, -0.05) is 35.3 Å². The van der Waals surface area contributed by atoms with Crippen LogP contribution in [0, 0.1) is 11.3 Å². The summed E-state index contributed by atoms with van der Waals surface area (Å²) in [4.78, 5) is 11.9. The molecule has 0 fully saturated rings. The zero-order valence-electron chi connectivity index (χ0n) is 12.6. The smallest absolute Gasteiger partial charge is 0.234 e. The van der Waals surface area contributed by atoms with Crippen LogP contribution >= 0.6 is 35.0 Å². The topological polar surface area (TPSA) is 62.1 Å². The first-order chi connectivity index (χ1) is 11.6. The monoisotopic (exact) mass is 380 g/mol. The van der Waals surface area contributed by atoms with E-state index in [-0.39, 0.29) is 11.7 Å². The Kier molecular flexibility index (Phi) is 7.26. The maximum atomic E-state index is 11.9. The highest BCUT2D eigenvalue weighted by molar-refractivity contribution is 7.99. The summed E-state index contributed by atoms with van der Waals surface area (Å²) in [5, 5.41) is 12.5. The van der Waals surface area contributed by atoms with Gasteiger partial charge in [0.1, 0.15) is 0 Å². The minimum absolute atomic E-state index is 0.133. The lowest BCUT2D eigenvalue weighted by atomic mass is 10.2. The highest BCUT2D eigenvalue weighted by Crippen LogP contribution is 2.32. The summed E-state index contributed by atoms with van der Waals surface area (Å²) in [6.07, 6.45) is 0. The summed E-state index contributed by atoms with van der Waals surface area (Å²) in [6, 6.07) is 14.0. The standard InChI is InChI=1S/C17H14Cl2N2O2S/c18-14-5-2-6-15(19)17(14)23-7-8-24-11-16(22)21-13-4-1-3-12(9-13)10-20/h1-6,9H,7-8,11H2,(H,21,22). The summed E-state index contributed by atoms with van der Waals surface area (Å²) >= 11 is 13.4. The molecule has 0 spiro atoms. The van der Waals surface area contributed by atoms with E-state index < -0.39 is 0 Å². The number of ether oxygens (including phenoxy) is 1. The van der Waals surface area contributed by atoms with E-state index in [1.165, 1.54) is 11.8 Å². The average molecular weight is 381 g/mol. The number of halogens is 2. The van der Waals surface area contributed by atoms with E-state index >= 15 is 0 Å². The van der Waals surface area contributed by atoms with Crippen LogP contribution in [0.25, 0.3) is 0 Å². The van der Waals surface area contributed by atoms with Gasteiger partial charge in [0.25, 0.3) is 0 Å². The fourth-order valence-electron chi connectivity index (χ4n) is 1.85. The molecule has 0 heterocycles. The van der Waals surface area contributed by atoms with E-state index in [1.54, 1.807) is 42.5 Å². The third kappa shape index (κ3) is 5.64. The fraction of sp³-hybridized carbons (Fsp3) is 0.176. The third-order valence-electron chi connectivity index (χ3n) is 2.90. The van der Waals surface area contributed by atoms with Crippen molar-refractivity contribution < 1.29 is 9.53 Å². The Morgan fingerprint density at radius 3 is 2.62 bits per heavy atom. The highest BCUT2D eigenvalue weighted by Gasteiger charge is 2.07. The number of anilines is 1. The minimum atomic E-state index is -0.133. The highest BCUT2D eigenvalue weighted by atomic mass is 35.5. The molecule has 0 aliphatic heterocycles. The van der Waals surface area contributed by atoms with Crippen molar-refractivity contribution in [1.29, 1.82) is 5.26 Å². The van der Waals surface area contributed by atoms with Gasteiger partial charge < -0.3 is 10.1 Å². The van der Waals surface area contributed by atoms with Gasteiger partial charge in [0.15, 0.2) is 5.75 Å². The predicted molar refractivity (Wildman–Crippen MR) is 99.1 cm³/mol. The molecule has 0 aliphatic carbocycles. The SMILES string of the molecule is N#Cc1cccc(NC(=O)CSCCOc2c(Cl)cccc2Cl)c1. The van der Waals surface area contributed by atoms with E-state index in [2.05, 4.69) is 5.32 Å². The fourth-order valence-corrected chi connectivity index (χ4v) is 2.96. The van der Waals surface area contributed by atoms with Crippen molar-refractivity contribution in [2.45, 2.75) is 0 Å². The molecule has 0 saturated carbocycles. The lowest BCUT2D eigenvalue weighted by Gasteiger charge is -2.09. The van der Waals surface area contributed by atoms with E-state index in [1.807, 2.05) is 6.07 Å². The second-order valence-corrected chi connectivity index (χ2v) is 6.61. The van der Waals surface area contributed by atoms with E-state index in [0.717, 1.165) is 0 Å². The second kappa shape index (κ2) is 9.43. The van der Waals surface area contributed by atoms with Crippen molar-refractivity contribution in [3.63, 3.8) is 0 Å². The molecule has 24 heavy (non-hydrogen) atoms. The number of rotatable bonds is 7. The molecule has 0 unspecified atom stereocenters. The van der Waals surface area contributed by atoms with Crippen molar-refractivity contribution in [1.82, 2.24) is 0 Å². The van der Waals surface area contributed by atoms with Crippen LogP contribution in [0.4, 0.5) is 5.69 Å². The maximum absolute atomic E-state index is 11.9. The van der Waals surface area contributed by atoms with Crippen LogP contribution < -0.4 is 10.1 Å². The number of carbonyl (C=O) groups excluding carboxylic acids is 1. The molecule has 1 N–H and O–H groups in total. The van der Waals surface area contributed by atoms with Gasteiger partial charge in [-0.05, 0) is 30.3 Å². The number of nitrogens with zero attached hydrogens (tertiary/aromatic N) is 1. The van der Waals surface area contributed by atoms with Crippen molar-refractivity contribution in [2.24, 2.45) is 0 Å². The number of carbonyl (C=O) groups is 1. The molecule has 0 saturated heterocycles. The Labute approximate surface area is 154 Å². The molecule has 0 atom stereocenters. The molecule has 1 amide bonds. The Morgan fingerprint density at radius 2 is 1.92 bits per heavy atom. The number of para-hydroxylation sites is 1. The zero-order chi connectivity index (χ0) is 17.4. The number of nitriles is 1. The molecular weight excluding hydrogens is 367 g/mol. The molecular formula is C17H14Cl2N2O2S. The van der Waals surface area contributed by atoms with E-state index in [4.69, 9.17) is 33.2 Å². The Morgan fingerprint density at radius 1 is 1.21 bits per heavy atom. The number of benzene rings is 2. The van der Waals surface area contributed by atoms with Crippen LogP contribution in [-0.4, -0.2) is 24.0 Å². The van der Waals surface area contributed by atoms with Gasteiger partial charge in [-0.15, -0.1) is 11.8 Å². The van der Waals surface area contributed by atoms with Crippen LogP contribution in [0.2, 0.25) is 10.0 Å². The summed E-state index contributed by atoms with van der Waals surface area (Å²) in [5.41, 5.74) is 1.12. The summed E-state index contributed by atoms with van der Waals surface area (Å²) in [7, 11) is 0. The Hall–Kier alpha value is -1.87. The molecule has 124 valence electrons. The van der Waals surface area contributed by atoms with Crippen molar-refractivity contribution >= 4 is 46.6 Å². The molecule has 0 bridgehead atoms. The lowest BCUT2D eigenvalue weighted by Crippen LogP contribution is -2.15. The first-order valence-corrected chi connectivity index (χ1v) is 8.96. The summed E-state index contributed by atoms with van der Waals surface area (Å²) in [6.45, 7) is 0.394. The predicted octanol–water partition coefficient (Wildman–Crippen LogP) is 4.62. The van der Waals surface area contributed by atoms with Crippen LogP contribution in [-0.2, 0) is 4.79 Å². The molecule has 4 nitrogen and oxygen atoms in total. The average Bonchev–Trinajstić information content (AvgIpc) is 2.57. The quantitative estimate of drug-likeness (QED) is 0.712. The van der Waals surface area contributed by atoms with E-state index in [0.29, 0.717) is 39.4 Å². The summed E-state index contributed by atoms with van der Waals surface area (Å²) < 4.78 is 5.55. The zero-order valence-corrected chi connectivity index (χ0v) is 14.9. The Balaban J connectivity index is 1.70. The first-order valence-electron chi connectivity index (χ1n) is 7.04. The molecule has 2 aromatic rings. The van der Waals surface area contributed by atoms with Crippen molar-refractivity contribution in [2.75, 3.05) is 23.4 Å². The minimum Gasteiger partial charge on any atom is -0.490 e. The number of thioether (sulfide) groups is 1. The van der Waals surface area contributed by atoms with Crippen LogP contribution in [0.5, 0.6) is 5.75 Å². The molecule has 0 aromatic heterocycles. The molecule has 0 aliphatic rings. The summed E-state index contributed by atoms with van der Waals surface area (Å²) in [5.74, 6) is 1.23. The van der Waals surface area contributed by atoms with E-state index in [9.17, 15) is 4.79 Å². The maximum Gasteiger partial charge on any atom is 0.234 e.